The Kier molecular flexibility index (Phi) is 6.42. The molecule has 3 rings (SSSR count). The van der Waals surface area contributed by atoms with E-state index in [0.29, 0.717) is 30.3 Å². The highest BCUT2D eigenvalue weighted by Crippen LogP contribution is 2.27. The molecule has 0 aromatic carbocycles. The van der Waals surface area contributed by atoms with Gasteiger partial charge in [-0.3, -0.25) is 15.1 Å². The Labute approximate surface area is 166 Å². The summed E-state index contributed by atoms with van der Waals surface area (Å²) in [7, 11) is 1.56. The van der Waals surface area contributed by atoms with Gasteiger partial charge in [-0.15, -0.1) is 0 Å². The fourth-order valence-electron chi connectivity index (χ4n) is 3.22. The van der Waals surface area contributed by atoms with Gasteiger partial charge >= 0.3 is 6.03 Å². The molecular formula is C18H23N5O4S. The van der Waals surface area contributed by atoms with Gasteiger partial charge in [0, 0.05) is 30.7 Å². The third-order valence-corrected chi connectivity index (χ3v) is 5.45. The van der Waals surface area contributed by atoms with Gasteiger partial charge in [-0.1, -0.05) is 0 Å². The van der Waals surface area contributed by atoms with Crippen molar-refractivity contribution < 1.29 is 19.4 Å². The van der Waals surface area contributed by atoms with Gasteiger partial charge in [0.05, 0.1) is 19.0 Å². The quantitative estimate of drug-likeness (QED) is 0.691. The van der Waals surface area contributed by atoms with Crippen molar-refractivity contribution in [1.29, 1.82) is 0 Å². The number of rotatable bonds is 5. The number of carbonyl (C=O) groups is 2. The first-order valence-corrected chi connectivity index (χ1v) is 9.67. The summed E-state index contributed by atoms with van der Waals surface area (Å²) in [6.45, 7) is 2.14. The molecule has 2 aromatic rings. The van der Waals surface area contributed by atoms with Crippen molar-refractivity contribution in [2.75, 3.05) is 32.1 Å². The fraction of sp³-hybridized carbons (Fsp3) is 0.444. The van der Waals surface area contributed by atoms with E-state index in [0.717, 1.165) is 11.4 Å². The van der Waals surface area contributed by atoms with Crippen LogP contribution in [0, 0.1) is 6.92 Å². The van der Waals surface area contributed by atoms with Crippen LogP contribution in [0.4, 0.5) is 9.80 Å². The standard InChI is InChI=1S/C18H23N5O4S/c1-11-7-16(28-22-11)21-18(26)20-15-5-6-23(17(25)10-24)9-13(15)14-4-3-12(27-2)8-19-14/h3-4,7-8,13,15,24H,5-6,9-10H2,1-2H3,(H2,20,21,26)/t13-,15+/m0/s1. The van der Waals surface area contributed by atoms with Crippen molar-refractivity contribution in [1.82, 2.24) is 19.6 Å². The normalized spacial score (nSPS) is 19.2. The van der Waals surface area contributed by atoms with Crippen molar-refractivity contribution in [3.63, 3.8) is 0 Å². The first-order chi connectivity index (χ1) is 13.5. The summed E-state index contributed by atoms with van der Waals surface area (Å²) in [6, 6.07) is 4.89. The Morgan fingerprint density at radius 1 is 1.43 bits per heavy atom. The molecule has 9 nitrogen and oxygen atoms in total. The second-order valence-electron chi connectivity index (χ2n) is 6.55. The van der Waals surface area contributed by atoms with Gasteiger partial charge in [-0.05, 0) is 43.1 Å². The van der Waals surface area contributed by atoms with E-state index in [1.807, 2.05) is 13.0 Å². The van der Waals surface area contributed by atoms with E-state index in [-0.39, 0.29) is 23.9 Å². The molecule has 0 spiro atoms. The van der Waals surface area contributed by atoms with Crippen molar-refractivity contribution >= 4 is 28.5 Å². The molecule has 3 heterocycles. The minimum Gasteiger partial charge on any atom is -0.495 e. The number of aromatic nitrogens is 2. The number of pyridine rings is 1. The molecule has 0 saturated carbocycles. The number of nitrogens with one attached hydrogen (secondary N) is 2. The van der Waals surface area contributed by atoms with Crippen molar-refractivity contribution in [2.24, 2.45) is 0 Å². The average molecular weight is 405 g/mol. The van der Waals surface area contributed by atoms with E-state index in [1.54, 1.807) is 30.3 Å². The molecule has 3 amide bonds. The summed E-state index contributed by atoms with van der Waals surface area (Å²) >= 11 is 1.22. The number of urea groups is 1. The van der Waals surface area contributed by atoms with Crippen molar-refractivity contribution in [2.45, 2.75) is 25.3 Å². The van der Waals surface area contributed by atoms with E-state index in [4.69, 9.17) is 4.74 Å². The van der Waals surface area contributed by atoms with E-state index in [2.05, 4.69) is 20.0 Å². The first kappa shape index (κ1) is 20.0. The lowest BCUT2D eigenvalue weighted by Gasteiger charge is -2.38. The molecular weight excluding hydrogens is 382 g/mol. The Morgan fingerprint density at radius 2 is 2.25 bits per heavy atom. The van der Waals surface area contributed by atoms with Gasteiger partial charge in [0.2, 0.25) is 5.91 Å². The summed E-state index contributed by atoms with van der Waals surface area (Å²) in [6.07, 6.45) is 2.17. The lowest BCUT2D eigenvalue weighted by atomic mass is 9.88. The lowest BCUT2D eigenvalue weighted by Crippen LogP contribution is -2.52. The number of likely N-dealkylation sites (tertiary alicyclic amines) is 1. The molecule has 0 bridgehead atoms. The van der Waals surface area contributed by atoms with Crippen molar-refractivity contribution in [3.8, 4) is 5.75 Å². The maximum absolute atomic E-state index is 12.4. The Morgan fingerprint density at radius 3 is 2.86 bits per heavy atom. The number of hydrogen-bond acceptors (Lipinski definition) is 7. The van der Waals surface area contributed by atoms with Crippen LogP contribution in [0.2, 0.25) is 0 Å². The number of piperidine rings is 1. The summed E-state index contributed by atoms with van der Waals surface area (Å²) in [5, 5.41) is 15.6. The number of ether oxygens (including phenoxy) is 1. The number of methoxy groups -OCH3 is 1. The SMILES string of the molecule is COc1ccc([C@@H]2CN(C(=O)CO)CC[C@H]2NC(=O)Nc2cc(C)ns2)nc1. The minimum atomic E-state index is -0.536. The van der Waals surface area contributed by atoms with Gasteiger partial charge in [0.25, 0.3) is 0 Å². The number of carbonyl (C=O) groups excluding carboxylic acids is 2. The molecule has 2 atom stereocenters. The van der Waals surface area contributed by atoms with Crippen LogP contribution in [-0.2, 0) is 4.79 Å². The van der Waals surface area contributed by atoms with Crippen LogP contribution in [0.25, 0.3) is 0 Å². The molecule has 0 unspecified atom stereocenters. The molecule has 1 saturated heterocycles. The minimum absolute atomic E-state index is 0.205. The Balaban J connectivity index is 1.74. The van der Waals surface area contributed by atoms with Crippen LogP contribution < -0.4 is 15.4 Å². The van der Waals surface area contributed by atoms with Crippen LogP contribution in [0.15, 0.2) is 24.4 Å². The molecule has 1 fully saturated rings. The predicted octanol–water partition coefficient (Wildman–Crippen LogP) is 1.35. The largest absolute Gasteiger partial charge is 0.495 e. The van der Waals surface area contributed by atoms with E-state index in [9.17, 15) is 14.7 Å². The van der Waals surface area contributed by atoms with E-state index >= 15 is 0 Å². The topological polar surface area (TPSA) is 117 Å². The maximum atomic E-state index is 12.4. The predicted molar refractivity (Wildman–Crippen MR) is 105 cm³/mol. The second kappa shape index (κ2) is 8.98. The van der Waals surface area contributed by atoms with Crippen LogP contribution >= 0.6 is 11.5 Å². The second-order valence-corrected chi connectivity index (χ2v) is 7.36. The number of nitrogens with zero attached hydrogens (tertiary/aromatic N) is 3. The van der Waals surface area contributed by atoms with E-state index < -0.39 is 6.61 Å². The molecule has 1 aliphatic heterocycles. The summed E-state index contributed by atoms with van der Waals surface area (Å²) in [5.41, 5.74) is 1.59. The van der Waals surface area contributed by atoms with Crippen LogP contribution in [0.5, 0.6) is 5.75 Å². The molecule has 150 valence electrons. The number of anilines is 1. The highest BCUT2D eigenvalue weighted by molar-refractivity contribution is 7.10. The fourth-order valence-corrected chi connectivity index (χ4v) is 3.88. The zero-order chi connectivity index (χ0) is 20.1. The third-order valence-electron chi connectivity index (χ3n) is 4.66. The monoisotopic (exact) mass is 405 g/mol. The molecule has 0 radical (unpaired) electrons. The Bertz CT molecular complexity index is 826. The highest BCUT2D eigenvalue weighted by atomic mass is 32.1. The zero-order valence-electron chi connectivity index (χ0n) is 15.7. The number of aliphatic hydroxyl groups is 1. The van der Waals surface area contributed by atoms with Gasteiger partial charge in [0.1, 0.15) is 17.4 Å². The smallest absolute Gasteiger partial charge is 0.320 e. The molecule has 28 heavy (non-hydrogen) atoms. The van der Waals surface area contributed by atoms with Gasteiger partial charge < -0.3 is 20.1 Å². The average Bonchev–Trinajstić information content (AvgIpc) is 3.12. The summed E-state index contributed by atoms with van der Waals surface area (Å²) < 4.78 is 9.29. The number of amides is 3. The maximum Gasteiger partial charge on any atom is 0.320 e. The Hall–Kier alpha value is -2.72. The number of hydrogen-bond donors (Lipinski definition) is 3. The number of aryl methyl sites for hydroxylation is 1. The van der Waals surface area contributed by atoms with Gasteiger partial charge in [-0.2, -0.15) is 4.37 Å². The molecule has 0 aliphatic carbocycles. The number of aliphatic hydroxyl groups excluding tert-OH is 1. The summed E-state index contributed by atoms with van der Waals surface area (Å²) in [5.74, 6) is 0.0938. The van der Waals surface area contributed by atoms with Crippen LogP contribution in [0.1, 0.15) is 23.7 Å². The molecule has 10 heteroatoms. The van der Waals surface area contributed by atoms with Gasteiger partial charge in [0.15, 0.2) is 0 Å². The summed E-state index contributed by atoms with van der Waals surface area (Å²) in [4.78, 5) is 30.4. The highest BCUT2D eigenvalue weighted by Gasteiger charge is 2.34. The molecule has 1 aliphatic rings. The molecule has 3 N–H and O–H groups in total. The first-order valence-electron chi connectivity index (χ1n) is 8.89. The third kappa shape index (κ3) is 4.76. The zero-order valence-corrected chi connectivity index (χ0v) is 16.5. The van der Waals surface area contributed by atoms with Crippen molar-refractivity contribution in [3.05, 3.63) is 35.8 Å². The van der Waals surface area contributed by atoms with Crippen LogP contribution in [-0.4, -0.2) is 64.2 Å². The van der Waals surface area contributed by atoms with Crippen LogP contribution in [0.3, 0.4) is 0 Å². The molecule has 2 aromatic heterocycles. The van der Waals surface area contributed by atoms with E-state index in [1.165, 1.54) is 11.5 Å². The van der Waals surface area contributed by atoms with Gasteiger partial charge in [-0.25, -0.2) is 4.79 Å². The lowest BCUT2D eigenvalue weighted by molar-refractivity contribution is -0.135.